The maximum atomic E-state index is 14.2. The summed E-state index contributed by atoms with van der Waals surface area (Å²) < 4.78 is 72.4. The average molecular weight is 596 g/mol. The quantitative estimate of drug-likeness (QED) is 0.340. The summed E-state index contributed by atoms with van der Waals surface area (Å²) in [7, 11) is 4.32. The van der Waals surface area contributed by atoms with E-state index in [4.69, 9.17) is 25.8 Å². The zero-order valence-electron chi connectivity index (χ0n) is 22.2. The van der Waals surface area contributed by atoms with Crippen LogP contribution in [-0.4, -0.2) is 68.3 Å². The molecule has 2 aromatic carbocycles. The van der Waals surface area contributed by atoms with Gasteiger partial charge in [0.05, 0.1) is 24.9 Å². The number of carbonyl (C=O) groups excluding carboxylic acids is 2. The molecule has 0 aliphatic carbocycles. The van der Waals surface area contributed by atoms with Crippen LogP contribution in [0.3, 0.4) is 0 Å². The summed E-state index contributed by atoms with van der Waals surface area (Å²) >= 11 is 5.86. The number of hydrogen-bond donors (Lipinski definition) is 1. The fourth-order valence-corrected chi connectivity index (χ4v) is 4.50. The average Bonchev–Trinajstić information content (AvgIpc) is 3.26. The van der Waals surface area contributed by atoms with Crippen LogP contribution in [0.4, 0.5) is 17.6 Å². The summed E-state index contributed by atoms with van der Waals surface area (Å²) in [6.45, 7) is -0.288. The first-order valence-corrected chi connectivity index (χ1v) is 12.8. The summed E-state index contributed by atoms with van der Waals surface area (Å²) in [5, 5.41) is 2.08. The Balaban J connectivity index is 1.55. The molecule has 41 heavy (non-hydrogen) atoms. The van der Waals surface area contributed by atoms with Crippen LogP contribution in [0.25, 0.3) is 11.3 Å². The molecule has 0 spiro atoms. The predicted molar refractivity (Wildman–Crippen MR) is 142 cm³/mol. The molecule has 2 unspecified atom stereocenters. The Bertz CT molecular complexity index is 1450. The smallest absolute Gasteiger partial charge is 0.398 e. The Morgan fingerprint density at radius 2 is 1.80 bits per heavy atom. The number of likely N-dealkylation sites (tertiary alicyclic amines) is 1. The van der Waals surface area contributed by atoms with Crippen molar-refractivity contribution < 1.29 is 41.4 Å². The lowest BCUT2D eigenvalue weighted by molar-refractivity contribution is -0.149. The Kier molecular flexibility index (Phi) is 8.91. The van der Waals surface area contributed by atoms with E-state index >= 15 is 0 Å². The largest absolute Gasteiger partial charge is 0.494 e. The Labute approximate surface area is 238 Å². The minimum Gasteiger partial charge on any atom is -0.494 e. The van der Waals surface area contributed by atoms with Gasteiger partial charge in [0.1, 0.15) is 23.2 Å². The number of benzene rings is 2. The molecular formula is C28H26ClF4N3O5. The number of rotatable bonds is 9. The molecule has 1 fully saturated rings. The van der Waals surface area contributed by atoms with Gasteiger partial charge in [-0.25, -0.2) is 9.37 Å². The molecule has 2 heterocycles. The van der Waals surface area contributed by atoms with E-state index in [0.717, 1.165) is 12.1 Å². The molecule has 1 aliphatic rings. The molecule has 0 radical (unpaired) electrons. The van der Waals surface area contributed by atoms with Gasteiger partial charge in [0.15, 0.2) is 17.6 Å². The van der Waals surface area contributed by atoms with Crippen molar-refractivity contribution in [1.29, 1.82) is 0 Å². The van der Waals surface area contributed by atoms with Crippen molar-refractivity contribution in [2.75, 3.05) is 34.4 Å². The number of nitrogens with zero attached hydrogens (tertiary/aromatic N) is 2. The summed E-state index contributed by atoms with van der Waals surface area (Å²) in [4.78, 5) is 30.7. The van der Waals surface area contributed by atoms with Crippen LogP contribution in [-0.2, 0) is 4.79 Å². The monoisotopic (exact) mass is 595 g/mol. The minimum absolute atomic E-state index is 0.0225. The maximum absolute atomic E-state index is 14.2. The topological polar surface area (TPSA) is 90.0 Å². The highest BCUT2D eigenvalue weighted by Gasteiger charge is 2.42. The van der Waals surface area contributed by atoms with Crippen LogP contribution in [0.5, 0.6) is 17.2 Å². The second-order valence-electron chi connectivity index (χ2n) is 9.24. The molecule has 1 N–H and O–H groups in total. The van der Waals surface area contributed by atoms with Crippen molar-refractivity contribution >= 4 is 23.4 Å². The van der Waals surface area contributed by atoms with Crippen LogP contribution < -0.4 is 19.5 Å². The van der Waals surface area contributed by atoms with E-state index in [9.17, 15) is 27.2 Å². The molecule has 3 aromatic rings. The van der Waals surface area contributed by atoms with Gasteiger partial charge in [0.25, 0.3) is 11.8 Å². The molecule has 8 nitrogen and oxygen atoms in total. The number of hydrogen-bond acceptors (Lipinski definition) is 6. The molecule has 1 aromatic heterocycles. The number of ether oxygens (including phenoxy) is 3. The van der Waals surface area contributed by atoms with Gasteiger partial charge < -0.3 is 24.4 Å². The summed E-state index contributed by atoms with van der Waals surface area (Å²) in [6.07, 6.45) is -4.99. The van der Waals surface area contributed by atoms with E-state index in [-0.39, 0.29) is 50.7 Å². The maximum Gasteiger partial charge on any atom is 0.398 e. The van der Waals surface area contributed by atoms with Gasteiger partial charge in [-0.3, -0.25) is 9.59 Å². The highest BCUT2D eigenvalue weighted by atomic mass is 35.5. The lowest BCUT2D eigenvalue weighted by atomic mass is 10.0. The molecule has 1 aliphatic heterocycles. The van der Waals surface area contributed by atoms with Gasteiger partial charge in [-0.05, 0) is 48.5 Å². The van der Waals surface area contributed by atoms with E-state index in [1.54, 1.807) is 7.05 Å². The number of carbonyl (C=O) groups is 2. The number of likely N-dealkylation sites (N-methyl/N-ethyl adjacent to an activating group) is 1. The second kappa shape index (κ2) is 12.2. The molecule has 4 rings (SSSR count). The van der Waals surface area contributed by atoms with Crippen LogP contribution in [0.1, 0.15) is 28.4 Å². The Morgan fingerprint density at radius 1 is 1.10 bits per heavy atom. The zero-order chi connectivity index (χ0) is 29.9. The van der Waals surface area contributed by atoms with E-state index in [0.29, 0.717) is 13.0 Å². The van der Waals surface area contributed by atoms with Gasteiger partial charge in [0.2, 0.25) is 0 Å². The fourth-order valence-electron chi connectivity index (χ4n) is 4.31. The molecule has 218 valence electrons. The van der Waals surface area contributed by atoms with E-state index < -0.39 is 36.5 Å². The zero-order valence-corrected chi connectivity index (χ0v) is 23.0. The molecule has 1 saturated heterocycles. The number of aromatic nitrogens is 1. The highest BCUT2D eigenvalue weighted by Crippen LogP contribution is 2.38. The van der Waals surface area contributed by atoms with Crippen LogP contribution >= 0.6 is 11.6 Å². The highest BCUT2D eigenvalue weighted by molar-refractivity contribution is 6.31. The number of pyridine rings is 1. The summed E-state index contributed by atoms with van der Waals surface area (Å²) in [5.41, 5.74) is -0.0870. The number of methoxy groups -OCH3 is 2. The van der Waals surface area contributed by atoms with Crippen molar-refractivity contribution in [3.8, 4) is 28.5 Å². The van der Waals surface area contributed by atoms with E-state index in [1.165, 1.54) is 55.5 Å². The number of amides is 2. The first-order chi connectivity index (χ1) is 19.4. The molecular weight excluding hydrogens is 570 g/mol. The molecule has 13 heteroatoms. The summed E-state index contributed by atoms with van der Waals surface area (Å²) in [5.74, 6) is -3.33. The van der Waals surface area contributed by atoms with Crippen LogP contribution in [0.2, 0.25) is 5.02 Å². The number of alkyl halides is 3. The fraction of sp³-hybridized carbons (Fsp3) is 0.321. The van der Waals surface area contributed by atoms with E-state index in [2.05, 4.69) is 10.3 Å². The standard InChI is InChI=1S/C28H26ClF4N3O5/c1-36-11-10-23(27(36)38)41-21-8-5-16(13-24(21)40-3)26(37)34-14-17(28(31,32)33)20-7-9-22(39-2)25(35-20)15-4-6-19(30)18(29)12-15/h4-9,12-13,17,23H,10-11,14H2,1-3H3,(H,34,37). The first kappa shape index (κ1) is 29.9. The third kappa shape index (κ3) is 6.64. The van der Waals surface area contributed by atoms with Gasteiger partial charge in [-0.2, -0.15) is 13.2 Å². The lowest BCUT2D eigenvalue weighted by Gasteiger charge is -2.22. The number of halogens is 5. The van der Waals surface area contributed by atoms with E-state index in [1.807, 2.05) is 0 Å². The minimum atomic E-state index is -4.77. The third-order valence-corrected chi connectivity index (χ3v) is 6.87. The van der Waals surface area contributed by atoms with Crippen LogP contribution in [0.15, 0.2) is 48.5 Å². The van der Waals surface area contributed by atoms with Crippen LogP contribution in [0, 0.1) is 5.82 Å². The third-order valence-electron chi connectivity index (χ3n) is 6.59. The van der Waals surface area contributed by atoms with Crippen molar-refractivity contribution in [3.63, 3.8) is 0 Å². The number of nitrogens with one attached hydrogen (secondary N) is 1. The SMILES string of the molecule is COc1cc(C(=O)NCC(c2ccc(OC)c(-c3ccc(F)c(Cl)c3)n2)C(F)(F)F)ccc1OC1CCN(C)C1=O. The Hall–Kier alpha value is -4.06. The molecule has 0 saturated carbocycles. The van der Waals surface area contributed by atoms with Gasteiger partial charge >= 0.3 is 6.18 Å². The predicted octanol–water partition coefficient (Wildman–Crippen LogP) is 5.24. The van der Waals surface area contributed by atoms with Crippen molar-refractivity contribution in [1.82, 2.24) is 15.2 Å². The second-order valence-corrected chi connectivity index (χ2v) is 9.65. The normalized spacial score (nSPS) is 16.0. The van der Waals surface area contributed by atoms with Gasteiger partial charge in [-0.15, -0.1) is 0 Å². The first-order valence-electron chi connectivity index (χ1n) is 12.4. The lowest BCUT2D eigenvalue weighted by Crippen LogP contribution is -2.35. The van der Waals surface area contributed by atoms with Crippen molar-refractivity contribution in [2.24, 2.45) is 0 Å². The molecule has 2 amide bonds. The van der Waals surface area contributed by atoms with Crippen molar-refractivity contribution in [3.05, 3.63) is 70.6 Å². The van der Waals surface area contributed by atoms with Gasteiger partial charge in [0, 0.05) is 37.7 Å². The summed E-state index contributed by atoms with van der Waals surface area (Å²) in [6, 6.07) is 10.2. The molecule has 0 bridgehead atoms. The Morgan fingerprint density at radius 3 is 2.41 bits per heavy atom. The van der Waals surface area contributed by atoms with Gasteiger partial charge in [-0.1, -0.05) is 11.6 Å². The molecule has 2 atom stereocenters. The van der Waals surface area contributed by atoms with Crippen molar-refractivity contribution in [2.45, 2.75) is 24.6 Å².